The molecule has 0 fully saturated rings. The zero-order chi connectivity index (χ0) is 13.8. The lowest BCUT2D eigenvalue weighted by molar-refractivity contribution is 0.0523. The molecule has 1 amide bonds. The maximum atomic E-state index is 11.5. The second kappa shape index (κ2) is 5.96. The van der Waals surface area contributed by atoms with Crippen LogP contribution in [0, 0.1) is 0 Å². The van der Waals surface area contributed by atoms with Gasteiger partial charge in [0.25, 0.3) is 0 Å². The SMILES string of the molecule is COc1ccc(Cl)cc1CNC(=O)OC(C)(C)C. The minimum atomic E-state index is -0.511. The summed E-state index contributed by atoms with van der Waals surface area (Å²) in [6, 6.07) is 5.24. The van der Waals surface area contributed by atoms with E-state index in [-0.39, 0.29) is 0 Å². The van der Waals surface area contributed by atoms with Crippen LogP contribution in [0.1, 0.15) is 26.3 Å². The number of rotatable bonds is 3. The lowest BCUT2D eigenvalue weighted by Gasteiger charge is -2.20. The summed E-state index contributed by atoms with van der Waals surface area (Å²) in [5, 5.41) is 3.25. The molecule has 100 valence electrons. The molecular formula is C13H18ClNO3. The first-order valence-electron chi connectivity index (χ1n) is 5.61. The van der Waals surface area contributed by atoms with E-state index in [1.54, 1.807) is 25.3 Å². The average molecular weight is 272 g/mol. The van der Waals surface area contributed by atoms with Gasteiger partial charge in [0.2, 0.25) is 0 Å². The van der Waals surface area contributed by atoms with Crippen molar-refractivity contribution in [3.05, 3.63) is 28.8 Å². The molecule has 0 aromatic heterocycles. The molecule has 0 aliphatic heterocycles. The van der Waals surface area contributed by atoms with Crippen molar-refractivity contribution in [1.82, 2.24) is 5.32 Å². The fourth-order valence-corrected chi connectivity index (χ4v) is 1.56. The van der Waals surface area contributed by atoms with Crippen molar-refractivity contribution in [2.45, 2.75) is 32.9 Å². The van der Waals surface area contributed by atoms with Crippen LogP contribution < -0.4 is 10.1 Å². The first kappa shape index (κ1) is 14.6. The molecule has 0 spiro atoms. The number of carbonyl (C=O) groups is 1. The third-order valence-electron chi connectivity index (χ3n) is 2.06. The lowest BCUT2D eigenvalue weighted by atomic mass is 10.2. The van der Waals surface area contributed by atoms with E-state index in [1.165, 1.54) is 0 Å². The second-order valence-corrected chi connectivity index (χ2v) is 5.25. The number of hydrogen-bond acceptors (Lipinski definition) is 3. The maximum absolute atomic E-state index is 11.5. The predicted octanol–water partition coefficient (Wildman–Crippen LogP) is 3.37. The van der Waals surface area contributed by atoms with Gasteiger partial charge in [-0.2, -0.15) is 0 Å². The van der Waals surface area contributed by atoms with Gasteiger partial charge in [0.05, 0.1) is 7.11 Å². The Kier molecular flexibility index (Phi) is 4.84. The Hall–Kier alpha value is -1.42. The van der Waals surface area contributed by atoms with E-state index < -0.39 is 11.7 Å². The van der Waals surface area contributed by atoms with Crippen LogP contribution in [0.4, 0.5) is 4.79 Å². The van der Waals surface area contributed by atoms with Crippen molar-refractivity contribution in [3.63, 3.8) is 0 Å². The molecule has 0 heterocycles. The molecule has 0 bridgehead atoms. The standard InChI is InChI=1S/C13H18ClNO3/c1-13(2,3)18-12(16)15-8-9-7-10(14)5-6-11(9)17-4/h5-7H,8H2,1-4H3,(H,15,16). The minimum Gasteiger partial charge on any atom is -0.496 e. The number of halogens is 1. The number of carbonyl (C=O) groups excluding carboxylic acids is 1. The van der Waals surface area contributed by atoms with Gasteiger partial charge in [0, 0.05) is 17.1 Å². The number of amides is 1. The number of nitrogens with one attached hydrogen (secondary N) is 1. The zero-order valence-electron chi connectivity index (χ0n) is 11.0. The third-order valence-corrected chi connectivity index (χ3v) is 2.30. The van der Waals surface area contributed by atoms with Crippen LogP contribution in [0.3, 0.4) is 0 Å². The molecule has 1 N–H and O–H groups in total. The summed E-state index contributed by atoms with van der Waals surface area (Å²) >= 11 is 5.90. The first-order chi connectivity index (χ1) is 8.31. The van der Waals surface area contributed by atoms with E-state index in [4.69, 9.17) is 21.1 Å². The van der Waals surface area contributed by atoms with Gasteiger partial charge >= 0.3 is 6.09 Å². The van der Waals surface area contributed by atoms with Gasteiger partial charge in [0.1, 0.15) is 11.4 Å². The number of methoxy groups -OCH3 is 1. The van der Waals surface area contributed by atoms with E-state index in [1.807, 2.05) is 20.8 Å². The molecule has 18 heavy (non-hydrogen) atoms. The van der Waals surface area contributed by atoms with Crippen molar-refractivity contribution in [3.8, 4) is 5.75 Å². The highest BCUT2D eigenvalue weighted by Gasteiger charge is 2.16. The van der Waals surface area contributed by atoms with Gasteiger partial charge in [-0.25, -0.2) is 4.79 Å². The van der Waals surface area contributed by atoms with E-state index in [9.17, 15) is 4.79 Å². The number of hydrogen-bond donors (Lipinski definition) is 1. The van der Waals surface area contributed by atoms with Crippen molar-refractivity contribution < 1.29 is 14.3 Å². The number of benzene rings is 1. The van der Waals surface area contributed by atoms with E-state index in [0.29, 0.717) is 17.3 Å². The summed E-state index contributed by atoms with van der Waals surface area (Å²) in [6.07, 6.45) is -0.468. The lowest BCUT2D eigenvalue weighted by Crippen LogP contribution is -2.32. The minimum absolute atomic E-state index is 0.304. The Morgan fingerprint density at radius 2 is 2.06 bits per heavy atom. The van der Waals surface area contributed by atoms with Crippen molar-refractivity contribution in [1.29, 1.82) is 0 Å². The molecule has 0 saturated heterocycles. The van der Waals surface area contributed by atoms with Crippen LogP contribution in [0.2, 0.25) is 5.02 Å². The number of ether oxygens (including phenoxy) is 2. The normalized spacial score (nSPS) is 10.9. The molecule has 0 aliphatic carbocycles. The largest absolute Gasteiger partial charge is 0.496 e. The molecule has 0 saturated carbocycles. The van der Waals surface area contributed by atoms with Gasteiger partial charge in [-0.1, -0.05) is 11.6 Å². The molecule has 0 aliphatic rings. The van der Waals surface area contributed by atoms with E-state index in [2.05, 4.69) is 5.32 Å². The highest BCUT2D eigenvalue weighted by Crippen LogP contribution is 2.22. The van der Waals surface area contributed by atoms with Crippen LogP contribution in [0.15, 0.2) is 18.2 Å². The summed E-state index contributed by atoms with van der Waals surface area (Å²) in [5.74, 6) is 0.676. The van der Waals surface area contributed by atoms with Crippen molar-refractivity contribution in [2.75, 3.05) is 7.11 Å². The van der Waals surface area contributed by atoms with E-state index >= 15 is 0 Å². The van der Waals surface area contributed by atoms with Crippen LogP contribution in [0.25, 0.3) is 0 Å². The zero-order valence-corrected chi connectivity index (χ0v) is 11.8. The van der Waals surface area contributed by atoms with Crippen LogP contribution >= 0.6 is 11.6 Å². The van der Waals surface area contributed by atoms with Crippen molar-refractivity contribution in [2.24, 2.45) is 0 Å². The van der Waals surface area contributed by atoms with Crippen LogP contribution in [0.5, 0.6) is 5.75 Å². The smallest absolute Gasteiger partial charge is 0.407 e. The van der Waals surface area contributed by atoms with E-state index in [0.717, 1.165) is 5.56 Å². The molecule has 1 rings (SSSR count). The van der Waals surface area contributed by atoms with Gasteiger partial charge in [0.15, 0.2) is 0 Å². The molecule has 4 nitrogen and oxygen atoms in total. The average Bonchev–Trinajstić information content (AvgIpc) is 2.24. The summed E-state index contributed by atoms with van der Waals surface area (Å²) in [4.78, 5) is 11.5. The highest BCUT2D eigenvalue weighted by atomic mass is 35.5. The quantitative estimate of drug-likeness (QED) is 0.917. The molecule has 5 heteroatoms. The monoisotopic (exact) mass is 271 g/mol. The van der Waals surface area contributed by atoms with Gasteiger partial charge in [-0.05, 0) is 39.0 Å². The molecule has 1 aromatic rings. The Bertz CT molecular complexity index is 427. The fourth-order valence-electron chi connectivity index (χ4n) is 1.37. The number of alkyl carbamates (subject to hydrolysis) is 1. The molecule has 0 atom stereocenters. The predicted molar refractivity (Wildman–Crippen MR) is 71.1 cm³/mol. The summed E-state index contributed by atoms with van der Waals surface area (Å²) in [5.41, 5.74) is 0.290. The second-order valence-electron chi connectivity index (χ2n) is 4.81. The highest BCUT2D eigenvalue weighted by molar-refractivity contribution is 6.30. The summed E-state index contributed by atoms with van der Waals surface area (Å²) < 4.78 is 10.3. The summed E-state index contributed by atoms with van der Waals surface area (Å²) in [6.45, 7) is 5.74. The topological polar surface area (TPSA) is 47.6 Å². The summed E-state index contributed by atoms with van der Waals surface area (Å²) in [7, 11) is 1.57. The Labute approximate surface area is 112 Å². The Morgan fingerprint density at radius 1 is 1.39 bits per heavy atom. The molecule has 0 unspecified atom stereocenters. The van der Waals surface area contributed by atoms with Crippen molar-refractivity contribution >= 4 is 17.7 Å². The van der Waals surface area contributed by atoms with Gasteiger partial charge < -0.3 is 14.8 Å². The fraction of sp³-hybridized carbons (Fsp3) is 0.462. The Balaban J connectivity index is 2.63. The Morgan fingerprint density at radius 3 is 2.61 bits per heavy atom. The van der Waals surface area contributed by atoms with Crippen LogP contribution in [-0.4, -0.2) is 18.8 Å². The van der Waals surface area contributed by atoms with Gasteiger partial charge in [-0.15, -0.1) is 0 Å². The molecular weight excluding hydrogens is 254 g/mol. The molecule has 0 radical (unpaired) electrons. The maximum Gasteiger partial charge on any atom is 0.407 e. The van der Waals surface area contributed by atoms with Crippen LogP contribution in [-0.2, 0) is 11.3 Å². The molecule has 1 aromatic carbocycles. The first-order valence-corrected chi connectivity index (χ1v) is 5.99. The van der Waals surface area contributed by atoms with Gasteiger partial charge in [-0.3, -0.25) is 0 Å². The third kappa shape index (κ3) is 4.84.